The van der Waals surface area contributed by atoms with Crippen molar-refractivity contribution in [1.82, 2.24) is 20.0 Å². The average Bonchev–Trinajstić information content (AvgIpc) is 2.88. The van der Waals surface area contributed by atoms with Crippen molar-refractivity contribution in [2.24, 2.45) is 0 Å². The van der Waals surface area contributed by atoms with Gasteiger partial charge in [-0.15, -0.1) is 0 Å². The van der Waals surface area contributed by atoms with Crippen molar-refractivity contribution in [3.8, 4) is 0 Å². The number of fused-ring (bicyclic) bond motifs is 1. The molecule has 1 heterocycles. The fourth-order valence-corrected chi connectivity index (χ4v) is 5.64. The van der Waals surface area contributed by atoms with Crippen LogP contribution in [0.15, 0.2) is 90.1 Å². The van der Waals surface area contributed by atoms with Crippen molar-refractivity contribution >= 4 is 38.3 Å². The maximum atomic E-state index is 13.5. The van der Waals surface area contributed by atoms with Crippen LogP contribution in [-0.2, 0) is 21.2 Å². The molecule has 4 aromatic rings. The van der Waals surface area contributed by atoms with Crippen molar-refractivity contribution in [2.75, 3.05) is 5.32 Å². The van der Waals surface area contributed by atoms with E-state index in [4.69, 9.17) is 0 Å². The van der Waals surface area contributed by atoms with E-state index in [1.807, 2.05) is 30.3 Å². The molecule has 0 spiro atoms. The molecule has 0 aliphatic rings. The molecular weight excluding hydrogens is 502 g/mol. The van der Waals surface area contributed by atoms with E-state index in [9.17, 15) is 18.0 Å². The fraction of sp³-hybridized carbons (Fsp3) is 0.214. The molecule has 3 N–H and O–H groups in total. The van der Waals surface area contributed by atoms with Gasteiger partial charge < -0.3 is 10.6 Å². The van der Waals surface area contributed by atoms with Crippen LogP contribution in [0.25, 0.3) is 10.8 Å². The highest BCUT2D eigenvalue weighted by atomic mass is 32.2. The van der Waals surface area contributed by atoms with Crippen molar-refractivity contribution in [2.45, 2.75) is 43.7 Å². The third-order valence-electron chi connectivity index (χ3n) is 5.54. The Kier molecular flexibility index (Phi) is 7.84. The summed E-state index contributed by atoms with van der Waals surface area (Å²) in [7, 11) is -3.83. The quantitative estimate of drug-likeness (QED) is 0.318. The number of aromatic nitrogens is 2. The zero-order valence-corrected chi connectivity index (χ0v) is 22.1. The standard InChI is InChI=1S/C28H29N5O4S/c1-28(2,3)33-38(36,37)24-15-8-12-20-21(24)13-7-14-22(20)31-26(34)23(18-19-10-5-4-6-11-19)32-27(35)25-29-16-9-17-30-25/h4-17,23,33H,18H2,1-3H3,(H,31,34)(H,32,35). The molecule has 1 atom stereocenters. The van der Waals surface area contributed by atoms with Crippen LogP contribution in [0, 0.1) is 0 Å². The number of hydrogen-bond acceptors (Lipinski definition) is 6. The second-order valence-electron chi connectivity index (χ2n) is 9.79. The number of nitrogens with one attached hydrogen (secondary N) is 3. The predicted molar refractivity (Wildman–Crippen MR) is 146 cm³/mol. The maximum absolute atomic E-state index is 13.5. The van der Waals surface area contributed by atoms with E-state index in [0.717, 1.165) is 5.56 Å². The van der Waals surface area contributed by atoms with E-state index in [1.54, 1.807) is 57.2 Å². The minimum absolute atomic E-state index is 0.0512. The van der Waals surface area contributed by atoms with Crippen molar-refractivity contribution in [3.63, 3.8) is 0 Å². The van der Waals surface area contributed by atoms with Gasteiger partial charge in [-0.2, -0.15) is 0 Å². The number of nitrogens with zero attached hydrogens (tertiary/aromatic N) is 2. The van der Waals surface area contributed by atoms with Gasteiger partial charge in [-0.05, 0) is 44.5 Å². The molecule has 9 nitrogen and oxygen atoms in total. The number of rotatable bonds is 8. The lowest BCUT2D eigenvalue weighted by Gasteiger charge is -2.22. The van der Waals surface area contributed by atoms with Crippen LogP contribution in [0.4, 0.5) is 5.69 Å². The van der Waals surface area contributed by atoms with Gasteiger partial charge in [-0.1, -0.05) is 54.6 Å². The second-order valence-corrected chi connectivity index (χ2v) is 11.4. The smallest absolute Gasteiger partial charge is 0.289 e. The lowest BCUT2D eigenvalue weighted by atomic mass is 10.0. The third kappa shape index (κ3) is 6.58. The largest absolute Gasteiger partial charge is 0.337 e. The van der Waals surface area contributed by atoms with Crippen LogP contribution < -0.4 is 15.4 Å². The zero-order chi connectivity index (χ0) is 27.3. The molecule has 0 saturated heterocycles. The Hall–Kier alpha value is -4.15. The van der Waals surface area contributed by atoms with Gasteiger partial charge in [-0.25, -0.2) is 23.1 Å². The van der Waals surface area contributed by atoms with Gasteiger partial charge in [-0.3, -0.25) is 9.59 Å². The molecule has 0 radical (unpaired) electrons. The minimum atomic E-state index is -3.83. The van der Waals surface area contributed by atoms with Gasteiger partial charge in [0.1, 0.15) is 6.04 Å². The first kappa shape index (κ1) is 26.9. The van der Waals surface area contributed by atoms with Gasteiger partial charge in [0.2, 0.25) is 21.8 Å². The molecule has 0 bridgehead atoms. The van der Waals surface area contributed by atoms with Crippen LogP contribution in [0.1, 0.15) is 37.0 Å². The first-order valence-corrected chi connectivity index (χ1v) is 13.5. The fourth-order valence-electron chi connectivity index (χ4n) is 4.00. The predicted octanol–water partition coefficient (Wildman–Crippen LogP) is 3.69. The van der Waals surface area contributed by atoms with Crippen molar-refractivity contribution < 1.29 is 18.0 Å². The number of amides is 2. The summed E-state index contributed by atoms with van der Waals surface area (Å²) >= 11 is 0. The van der Waals surface area contributed by atoms with E-state index in [-0.39, 0.29) is 17.1 Å². The monoisotopic (exact) mass is 531 g/mol. The lowest BCUT2D eigenvalue weighted by Crippen LogP contribution is -2.45. The molecule has 4 rings (SSSR count). The molecule has 1 aromatic heterocycles. The summed E-state index contributed by atoms with van der Waals surface area (Å²) in [6.07, 6.45) is 3.13. The van der Waals surface area contributed by atoms with Crippen LogP contribution in [0.3, 0.4) is 0 Å². The van der Waals surface area contributed by atoms with Crippen LogP contribution >= 0.6 is 0 Å². The van der Waals surface area contributed by atoms with Crippen LogP contribution in [-0.4, -0.2) is 41.8 Å². The molecule has 0 aliphatic heterocycles. The Bertz CT molecular complexity index is 1550. The SMILES string of the molecule is CC(C)(C)NS(=O)(=O)c1cccc2c(NC(=O)C(Cc3ccccc3)NC(=O)c3ncccn3)cccc12. The minimum Gasteiger partial charge on any atom is -0.337 e. The Morgan fingerprint density at radius 3 is 2.18 bits per heavy atom. The number of anilines is 1. The summed E-state index contributed by atoms with van der Waals surface area (Å²) < 4.78 is 28.9. The molecule has 2 amide bonds. The summed E-state index contributed by atoms with van der Waals surface area (Å²) in [5.41, 5.74) is 0.600. The summed E-state index contributed by atoms with van der Waals surface area (Å²) in [5, 5.41) is 6.62. The van der Waals surface area contributed by atoms with Crippen LogP contribution in [0.5, 0.6) is 0 Å². The molecule has 0 saturated carbocycles. The first-order valence-electron chi connectivity index (χ1n) is 12.0. The number of carbonyl (C=O) groups excluding carboxylic acids is 2. The van der Waals surface area contributed by atoms with E-state index >= 15 is 0 Å². The zero-order valence-electron chi connectivity index (χ0n) is 21.3. The first-order chi connectivity index (χ1) is 18.0. The Balaban J connectivity index is 1.66. The van der Waals surface area contributed by atoms with Gasteiger partial charge in [0, 0.05) is 40.8 Å². The van der Waals surface area contributed by atoms with Crippen LogP contribution in [0.2, 0.25) is 0 Å². The van der Waals surface area contributed by atoms with E-state index in [0.29, 0.717) is 16.5 Å². The number of carbonyl (C=O) groups is 2. The number of sulfonamides is 1. The van der Waals surface area contributed by atoms with E-state index in [1.165, 1.54) is 18.5 Å². The summed E-state index contributed by atoms with van der Waals surface area (Å²) in [6.45, 7) is 5.30. The molecule has 0 fully saturated rings. The number of hydrogen-bond donors (Lipinski definition) is 3. The summed E-state index contributed by atoms with van der Waals surface area (Å²) in [5.74, 6) is -1.10. The highest BCUT2D eigenvalue weighted by Crippen LogP contribution is 2.29. The van der Waals surface area contributed by atoms with Crippen molar-refractivity contribution in [3.05, 3.63) is 96.6 Å². The summed E-state index contributed by atoms with van der Waals surface area (Å²) in [4.78, 5) is 34.3. The van der Waals surface area contributed by atoms with Gasteiger partial charge in [0.05, 0.1) is 4.90 Å². The molecular formula is C28H29N5O4S. The Morgan fingerprint density at radius 1 is 0.842 bits per heavy atom. The summed E-state index contributed by atoms with van der Waals surface area (Å²) in [6, 6.07) is 19.9. The highest BCUT2D eigenvalue weighted by Gasteiger charge is 2.26. The molecule has 0 aliphatic carbocycles. The third-order valence-corrected chi connectivity index (χ3v) is 7.36. The normalized spacial score (nSPS) is 12.6. The number of benzene rings is 3. The Labute approximate surface area is 221 Å². The highest BCUT2D eigenvalue weighted by molar-refractivity contribution is 7.89. The topological polar surface area (TPSA) is 130 Å². The molecule has 10 heteroatoms. The van der Waals surface area contributed by atoms with Crippen molar-refractivity contribution in [1.29, 1.82) is 0 Å². The van der Waals surface area contributed by atoms with Gasteiger partial charge >= 0.3 is 0 Å². The molecule has 196 valence electrons. The van der Waals surface area contributed by atoms with Gasteiger partial charge in [0.15, 0.2) is 0 Å². The molecule has 1 unspecified atom stereocenters. The van der Waals surface area contributed by atoms with Gasteiger partial charge in [0.25, 0.3) is 5.91 Å². The maximum Gasteiger partial charge on any atom is 0.289 e. The second kappa shape index (κ2) is 11.1. The lowest BCUT2D eigenvalue weighted by molar-refractivity contribution is -0.118. The molecule has 38 heavy (non-hydrogen) atoms. The van der Waals surface area contributed by atoms with E-state index < -0.39 is 33.4 Å². The Morgan fingerprint density at radius 2 is 1.50 bits per heavy atom. The van der Waals surface area contributed by atoms with E-state index in [2.05, 4.69) is 25.3 Å². The molecule has 3 aromatic carbocycles. The average molecular weight is 532 g/mol.